The normalized spacial score (nSPS) is 10.2. The number of methoxy groups -OCH3 is 2. The Morgan fingerprint density at radius 2 is 1.67 bits per heavy atom. The van der Waals surface area contributed by atoms with Crippen LogP contribution in [0, 0.1) is 0 Å². The van der Waals surface area contributed by atoms with E-state index in [1.165, 1.54) is 18.2 Å². The Kier molecular flexibility index (Phi) is 5.35. The monoisotopic (exact) mass is 285 g/mol. The van der Waals surface area contributed by atoms with Crippen LogP contribution >= 0.6 is 0 Å². The molecule has 4 heteroatoms. The van der Waals surface area contributed by atoms with E-state index >= 15 is 0 Å². The lowest BCUT2D eigenvalue weighted by Crippen LogP contribution is -2.04. The van der Waals surface area contributed by atoms with Gasteiger partial charge in [0, 0.05) is 19.3 Å². The molecule has 0 aliphatic carbocycles. The molecule has 0 amide bonds. The van der Waals surface area contributed by atoms with Crippen molar-refractivity contribution in [2.75, 3.05) is 19.5 Å². The number of nitrogens with one attached hydrogen (secondary N) is 1. The summed E-state index contributed by atoms with van der Waals surface area (Å²) in [5.41, 5.74) is 3.85. The van der Waals surface area contributed by atoms with Gasteiger partial charge in [-0.3, -0.25) is 0 Å². The van der Waals surface area contributed by atoms with Gasteiger partial charge in [0.05, 0.1) is 19.3 Å². The van der Waals surface area contributed by atoms with Gasteiger partial charge < -0.3 is 14.8 Å². The molecule has 2 rings (SSSR count). The molecule has 1 N–H and O–H groups in total. The second-order valence-electron chi connectivity index (χ2n) is 4.62. The molecule has 0 fully saturated rings. The third-order valence-corrected chi connectivity index (χ3v) is 3.21. The van der Waals surface area contributed by atoms with E-state index < -0.39 is 0 Å². The van der Waals surface area contributed by atoms with Gasteiger partial charge in [0.1, 0.15) is 0 Å². The van der Waals surface area contributed by atoms with Gasteiger partial charge in [0.25, 0.3) is 0 Å². The van der Waals surface area contributed by atoms with Crippen LogP contribution in [0.5, 0.6) is 0 Å². The third kappa shape index (κ3) is 4.07. The number of rotatable bonds is 6. The molecule has 0 radical (unpaired) electrons. The van der Waals surface area contributed by atoms with E-state index in [1.54, 1.807) is 19.2 Å². The van der Waals surface area contributed by atoms with Gasteiger partial charge >= 0.3 is 5.97 Å². The number of ether oxygens (including phenoxy) is 2. The largest absolute Gasteiger partial charge is 0.465 e. The van der Waals surface area contributed by atoms with Crippen LogP contribution in [-0.2, 0) is 22.6 Å². The summed E-state index contributed by atoms with van der Waals surface area (Å²) in [6.07, 6.45) is 0. The molecule has 0 saturated heterocycles. The Balaban J connectivity index is 2.01. The first kappa shape index (κ1) is 15.1. The lowest BCUT2D eigenvalue weighted by atomic mass is 10.1. The molecule has 21 heavy (non-hydrogen) atoms. The Morgan fingerprint density at radius 3 is 2.29 bits per heavy atom. The first-order chi connectivity index (χ1) is 10.2. The molecule has 0 saturated carbocycles. The van der Waals surface area contributed by atoms with Crippen LogP contribution in [0.2, 0.25) is 0 Å². The standard InChI is InChI=1S/C17H19NO3/c1-20-12-15-6-4-3-5-14(15)11-18-16-9-7-13(8-10-16)17(19)21-2/h3-10,18H,11-12H2,1-2H3. The zero-order valence-corrected chi connectivity index (χ0v) is 12.3. The smallest absolute Gasteiger partial charge is 0.337 e. The predicted molar refractivity (Wildman–Crippen MR) is 82.3 cm³/mol. The summed E-state index contributed by atoms with van der Waals surface area (Å²) >= 11 is 0. The van der Waals surface area contributed by atoms with Gasteiger partial charge in [-0.15, -0.1) is 0 Å². The van der Waals surface area contributed by atoms with Crippen LogP contribution in [0.15, 0.2) is 48.5 Å². The summed E-state index contributed by atoms with van der Waals surface area (Å²) in [4.78, 5) is 11.4. The minimum absolute atomic E-state index is 0.327. The summed E-state index contributed by atoms with van der Waals surface area (Å²) < 4.78 is 9.87. The number of benzene rings is 2. The number of esters is 1. The molecule has 0 bridgehead atoms. The lowest BCUT2D eigenvalue weighted by molar-refractivity contribution is 0.0601. The summed E-state index contributed by atoms with van der Waals surface area (Å²) in [5, 5.41) is 3.34. The Labute approximate surface area is 124 Å². The first-order valence-corrected chi connectivity index (χ1v) is 6.72. The van der Waals surface area contributed by atoms with Crippen molar-refractivity contribution in [2.45, 2.75) is 13.2 Å². The van der Waals surface area contributed by atoms with Crippen molar-refractivity contribution in [3.05, 3.63) is 65.2 Å². The fraction of sp³-hybridized carbons (Fsp3) is 0.235. The molecule has 0 unspecified atom stereocenters. The molecule has 0 heterocycles. The third-order valence-electron chi connectivity index (χ3n) is 3.21. The molecule has 0 atom stereocenters. The molecular weight excluding hydrogens is 266 g/mol. The second kappa shape index (κ2) is 7.45. The predicted octanol–water partition coefficient (Wildman–Crippen LogP) is 3.23. The van der Waals surface area contributed by atoms with Crippen LogP contribution in [-0.4, -0.2) is 20.2 Å². The van der Waals surface area contributed by atoms with Crippen LogP contribution < -0.4 is 5.32 Å². The SMILES string of the molecule is COCc1ccccc1CNc1ccc(C(=O)OC)cc1. The zero-order valence-electron chi connectivity index (χ0n) is 12.3. The topological polar surface area (TPSA) is 47.6 Å². The molecule has 2 aromatic carbocycles. The molecule has 0 aliphatic rings. The summed E-state index contributed by atoms with van der Waals surface area (Å²) in [7, 11) is 3.07. The molecule has 0 spiro atoms. The van der Waals surface area contributed by atoms with Gasteiger partial charge in [-0.05, 0) is 35.4 Å². The highest BCUT2D eigenvalue weighted by atomic mass is 16.5. The Morgan fingerprint density at radius 1 is 1.00 bits per heavy atom. The zero-order chi connectivity index (χ0) is 15.1. The van der Waals surface area contributed by atoms with Crippen molar-refractivity contribution in [2.24, 2.45) is 0 Å². The number of carbonyl (C=O) groups is 1. The van der Waals surface area contributed by atoms with E-state index in [4.69, 9.17) is 4.74 Å². The highest BCUT2D eigenvalue weighted by molar-refractivity contribution is 5.89. The van der Waals surface area contributed by atoms with E-state index in [2.05, 4.69) is 22.2 Å². The van der Waals surface area contributed by atoms with Crippen molar-refractivity contribution in [1.82, 2.24) is 0 Å². The maximum absolute atomic E-state index is 11.4. The molecule has 110 valence electrons. The maximum atomic E-state index is 11.4. The maximum Gasteiger partial charge on any atom is 0.337 e. The Hall–Kier alpha value is -2.33. The summed E-state index contributed by atoms with van der Waals surface area (Å²) in [6.45, 7) is 1.30. The van der Waals surface area contributed by atoms with Gasteiger partial charge in [-0.1, -0.05) is 24.3 Å². The Bertz CT molecular complexity index is 593. The minimum atomic E-state index is -0.327. The van der Waals surface area contributed by atoms with E-state index in [-0.39, 0.29) is 5.97 Å². The van der Waals surface area contributed by atoms with Crippen molar-refractivity contribution >= 4 is 11.7 Å². The molecular formula is C17H19NO3. The number of hydrogen-bond donors (Lipinski definition) is 1. The van der Waals surface area contributed by atoms with E-state index in [1.807, 2.05) is 24.3 Å². The van der Waals surface area contributed by atoms with Crippen molar-refractivity contribution in [3.63, 3.8) is 0 Å². The second-order valence-corrected chi connectivity index (χ2v) is 4.62. The van der Waals surface area contributed by atoms with Crippen LogP contribution in [0.4, 0.5) is 5.69 Å². The van der Waals surface area contributed by atoms with Crippen molar-refractivity contribution in [1.29, 1.82) is 0 Å². The van der Waals surface area contributed by atoms with Crippen LogP contribution in [0.25, 0.3) is 0 Å². The average molecular weight is 285 g/mol. The fourth-order valence-corrected chi connectivity index (χ4v) is 2.07. The molecule has 0 aliphatic heterocycles. The highest BCUT2D eigenvalue weighted by Crippen LogP contribution is 2.15. The molecule has 0 aromatic heterocycles. The number of anilines is 1. The van der Waals surface area contributed by atoms with E-state index in [0.717, 1.165) is 5.69 Å². The van der Waals surface area contributed by atoms with Gasteiger partial charge in [-0.2, -0.15) is 0 Å². The lowest BCUT2D eigenvalue weighted by Gasteiger charge is -2.11. The van der Waals surface area contributed by atoms with Crippen molar-refractivity contribution < 1.29 is 14.3 Å². The first-order valence-electron chi connectivity index (χ1n) is 6.72. The van der Waals surface area contributed by atoms with Crippen LogP contribution in [0.1, 0.15) is 21.5 Å². The van der Waals surface area contributed by atoms with Gasteiger partial charge in [0.2, 0.25) is 0 Å². The van der Waals surface area contributed by atoms with Gasteiger partial charge in [-0.25, -0.2) is 4.79 Å². The molecule has 4 nitrogen and oxygen atoms in total. The van der Waals surface area contributed by atoms with E-state index in [9.17, 15) is 4.79 Å². The fourth-order valence-electron chi connectivity index (χ4n) is 2.07. The van der Waals surface area contributed by atoms with Gasteiger partial charge in [0.15, 0.2) is 0 Å². The summed E-state index contributed by atoms with van der Waals surface area (Å²) in [6, 6.07) is 15.4. The number of carbonyl (C=O) groups excluding carboxylic acids is 1. The quantitative estimate of drug-likeness (QED) is 0.828. The number of hydrogen-bond acceptors (Lipinski definition) is 4. The minimum Gasteiger partial charge on any atom is -0.465 e. The van der Waals surface area contributed by atoms with E-state index in [0.29, 0.717) is 18.7 Å². The summed E-state index contributed by atoms with van der Waals surface area (Å²) in [5.74, 6) is -0.327. The average Bonchev–Trinajstić information content (AvgIpc) is 2.54. The highest BCUT2D eigenvalue weighted by Gasteiger charge is 2.05. The van der Waals surface area contributed by atoms with Crippen molar-refractivity contribution in [3.8, 4) is 0 Å². The van der Waals surface area contributed by atoms with Crippen LogP contribution in [0.3, 0.4) is 0 Å². The molecule has 2 aromatic rings.